The third-order valence-electron chi connectivity index (χ3n) is 2.63. The summed E-state index contributed by atoms with van der Waals surface area (Å²) in [6, 6.07) is 8.51. The first kappa shape index (κ1) is 10.9. The fourth-order valence-electron chi connectivity index (χ4n) is 1.32. The highest BCUT2D eigenvalue weighted by Crippen LogP contribution is 2.49. The van der Waals surface area contributed by atoms with E-state index in [0.717, 1.165) is 5.75 Å². The largest absolute Gasteiger partial charge is 0.179 e. The summed E-state index contributed by atoms with van der Waals surface area (Å²) < 4.78 is 1.17. The van der Waals surface area contributed by atoms with Gasteiger partial charge in [-0.15, -0.1) is 11.8 Å². The van der Waals surface area contributed by atoms with Gasteiger partial charge >= 0.3 is 0 Å². The lowest BCUT2D eigenvalue weighted by Crippen LogP contribution is -2.05. The van der Waals surface area contributed by atoms with E-state index in [1.807, 2.05) is 11.8 Å². The summed E-state index contributed by atoms with van der Waals surface area (Å²) >= 11 is 9.84. The first-order valence-corrected chi connectivity index (χ1v) is 7.14. The monoisotopic (exact) mass is 288 g/mol. The molecule has 14 heavy (non-hydrogen) atoms. The first-order chi connectivity index (χ1) is 6.74. The van der Waals surface area contributed by atoms with E-state index in [4.69, 9.17) is 0 Å². The van der Waals surface area contributed by atoms with Gasteiger partial charge in [-0.25, -0.2) is 0 Å². The van der Waals surface area contributed by atoms with Gasteiger partial charge in [-0.2, -0.15) is 12.6 Å². The van der Waals surface area contributed by atoms with E-state index in [1.165, 1.54) is 28.0 Å². The maximum Gasteiger partial charge on any atom is 0.0186 e. The van der Waals surface area contributed by atoms with Crippen molar-refractivity contribution in [1.82, 2.24) is 0 Å². The molecule has 0 bridgehead atoms. The molecule has 2 rings (SSSR count). The van der Waals surface area contributed by atoms with Crippen LogP contribution in [0, 0.1) is 5.41 Å². The highest BCUT2D eigenvalue weighted by molar-refractivity contribution is 9.10. The molecule has 1 saturated carbocycles. The van der Waals surface area contributed by atoms with Gasteiger partial charge in [0, 0.05) is 15.1 Å². The van der Waals surface area contributed by atoms with Crippen LogP contribution in [0.2, 0.25) is 0 Å². The zero-order valence-electron chi connectivity index (χ0n) is 7.87. The molecule has 0 aliphatic heterocycles. The molecule has 0 nitrogen and oxygen atoms in total. The number of thioether (sulfide) groups is 1. The lowest BCUT2D eigenvalue weighted by atomic mass is 10.2. The summed E-state index contributed by atoms with van der Waals surface area (Å²) in [5.41, 5.74) is 0.552. The fraction of sp³-hybridized carbons (Fsp3) is 0.455. The summed E-state index contributed by atoms with van der Waals surface area (Å²) in [6.45, 7) is 0. The van der Waals surface area contributed by atoms with Crippen molar-refractivity contribution in [2.45, 2.75) is 17.7 Å². The van der Waals surface area contributed by atoms with E-state index in [1.54, 1.807) is 0 Å². The van der Waals surface area contributed by atoms with Crippen LogP contribution >= 0.6 is 40.3 Å². The summed E-state index contributed by atoms with van der Waals surface area (Å²) in [7, 11) is 0. The molecule has 0 radical (unpaired) electrons. The highest BCUT2D eigenvalue weighted by Gasteiger charge is 2.40. The van der Waals surface area contributed by atoms with Crippen molar-refractivity contribution in [3.63, 3.8) is 0 Å². The van der Waals surface area contributed by atoms with Gasteiger partial charge in [-0.1, -0.05) is 22.0 Å². The van der Waals surface area contributed by atoms with Gasteiger partial charge < -0.3 is 0 Å². The minimum Gasteiger partial charge on any atom is -0.179 e. The molecule has 0 aromatic heterocycles. The van der Waals surface area contributed by atoms with Gasteiger partial charge in [0.1, 0.15) is 0 Å². The Hall–Kier alpha value is 0.400. The third kappa shape index (κ3) is 2.71. The van der Waals surface area contributed by atoms with Crippen molar-refractivity contribution in [1.29, 1.82) is 0 Å². The van der Waals surface area contributed by atoms with Gasteiger partial charge in [0.2, 0.25) is 0 Å². The maximum absolute atomic E-state index is 4.41. The highest BCUT2D eigenvalue weighted by atomic mass is 79.9. The maximum atomic E-state index is 4.41. The number of hydrogen-bond donors (Lipinski definition) is 1. The van der Waals surface area contributed by atoms with E-state index < -0.39 is 0 Å². The quantitative estimate of drug-likeness (QED) is 0.638. The molecule has 0 atom stereocenters. The summed E-state index contributed by atoms with van der Waals surface area (Å²) in [5.74, 6) is 2.25. The van der Waals surface area contributed by atoms with Crippen LogP contribution in [0.3, 0.4) is 0 Å². The Bertz CT molecular complexity index is 321. The van der Waals surface area contributed by atoms with Crippen molar-refractivity contribution < 1.29 is 0 Å². The van der Waals surface area contributed by atoms with Crippen LogP contribution in [-0.4, -0.2) is 11.5 Å². The number of rotatable bonds is 4. The lowest BCUT2D eigenvalue weighted by Gasteiger charge is -2.10. The Morgan fingerprint density at radius 1 is 1.43 bits per heavy atom. The molecule has 1 aliphatic rings. The second-order valence-electron chi connectivity index (χ2n) is 3.90. The molecular weight excluding hydrogens is 276 g/mol. The molecule has 3 heteroatoms. The van der Waals surface area contributed by atoms with Crippen molar-refractivity contribution in [2.75, 3.05) is 11.5 Å². The van der Waals surface area contributed by atoms with Gasteiger partial charge in [0.05, 0.1) is 0 Å². The molecule has 1 aliphatic carbocycles. The predicted octanol–water partition coefficient (Wildman–Crippen LogP) is 4.25. The van der Waals surface area contributed by atoms with Crippen LogP contribution < -0.4 is 0 Å². The SMILES string of the molecule is SCC1(CSc2cccc(Br)c2)CC1. The smallest absolute Gasteiger partial charge is 0.0186 e. The number of hydrogen-bond acceptors (Lipinski definition) is 2. The Morgan fingerprint density at radius 3 is 2.79 bits per heavy atom. The normalized spacial score (nSPS) is 18.1. The van der Waals surface area contributed by atoms with Gasteiger partial charge in [-0.05, 0) is 42.2 Å². The third-order valence-corrected chi connectivity index (χ3v) is 5.14. The van der Waals surface area contributed by atoms with Gasteiger partial charge in [-0.3, -0.25) is 0 Å². The molecule has 0 amide bonds. The van der Waals surface area contributed by atoms with Crippen LogP contribution in [0.1, 0.15) is 12.8 Å². The van der Waals surface area contributed by atoms with Crippen molar-refractivity contribution in [3.8, 4) is 0 Å². The zero-order valence-corrected chi connectivity index (χ0v) is 11.2. The second kappa shape index (κ2) is 4.50. The first-order valence-electron chi connectivity index (χ1n) is 4.73. The molecule has 0 N–H and O–H groups in total. The van der Waals surface area contributed by atoms with Crippen LogP contribution in [0.4, 0.5) is 0 Å². The van der Waals surface area contributed by atoms with E-state index in [0.29, 0.717) is 5.41 Å². The van der Waals surface area contributed by atoms with Crippen molar-refractivity contribution >= 4 is 40.3 Å². The van der Waals surface area contributed by atoms with Crippen molar-refractivity contribution in [2.24, 2.45) is 5.41 Å². The van der Waals surface area contributed by atoms with Crippen molar-refractivity contribution in [3.05, 3.63) is 28.7 Å². The Kier molecular flexibility index (Phi) is 3.50. The van der Waals surface area contributed by atoms with E-state index in [2.05, 4.69) is 52.8 Å². The van der Waals surface area contributed by atoms with E-state index in [-0.39, 0.29) is 0 Å². The molecule has 0 saturated heterocycles. The molecule has 0 unspecified atom stereocenters. The predicted molar refractivity (Wildman–Crippen MR) is 70.4 cm³/mol. The molecule has 0 heterocycles. The topological polar surface area (TPSA) is 0 Å². The zero-order chi connectivity index (χ0) is 10.0. The van der Waals surface area contributed by atoms with Gasteiger partial charge in [0.15, 0.2) is 0 Å². The molecule has 76 valence electrons. The number of thiol groups is 1. The van der Waals surface area contributed by atoms with E-state index >= 15 is 0 Å². The summed E-state index contributed by atoms with van der Waals surface area (Å²) in [5, 5.41) is 0. The molecule has 1 fully saturated rings. The average molecular weight is 289 g/mol. The Labute approximate surface area is 103 Å². The molecule has 0 spiro atoms. The average Bonchev–Trinajstić information content (AvgIpc) is 2.96. The van der Waals surface area contributed by atoms with E-state index in [9.17, 15) is 0 Å². The number of halogens is 1. The van der Waals surface area contributed by atoms with Crippen LogP contribution in [-0.2, 0) is 0 Å². The van der Waals surface area contributed by atoms with Crippen LogP contribution in [0.5, 0.6) is 0 Å². The second-order valence-corrected chi connectivity index (χ2v) is 6.18. The Morgan fingerprint density at radius 2 is 2.21 bits per heavy atom. The lowest BCUT2D eigenvalue weighted by molar-refractivity contribution is 0.683. The molecule has 1 aromatic rings. The fourth-order valence-corrected chi connectivity index (χ4v) is 3.70. The minimum absolute atomic E-state index is 0.552. The van der Waals surface area contributed by atoms with Crippen LogP contribution in [0.15, 0.2) is 33.6 Å². The Balaban J connectivity index is 1.92. The minimum atomic E-state index is 0.552. The molecular formula is C11H13BrS2. The number of benzene rings is 1. The summed E-state index contributed by atoms with van der Waals surface area (Å²) in [4.78, 5) is 1.35. The summed E-state index contributed by atoms with van der Waals surface area (Å²) in [6.07, 6.45) is 2.72. The standard InChI is InChI=1S/C11H13BrS2/c12-9-2-1-3-10(6-9)14-8-11(7-13)4-5-11/h1-3,6,13H,4-5,7-8H2. The van der Waals surface area contributed by atoms with Gasteiger partial charge in [0.25, 0.3) is 0 Å². The molecule has 1 aromatic carbocycles. The van der Waals surface area contributed by atoms with Crippen LogP contribution in [0.25, 0.3) is 0 Å².